The van der Waals surface area contributed by atoms with E-state index in [0.717, 1.165) is 32.1 Å². The summed E-state index contributed by atoms with van der Waals surface area (Å²) in [6.45, 7) is 2.93. The molecule has 1 saturated carbocycles. The fraction of sp³-hybridized carbons (Fsp3) is 1.00. The maximum atomic E-state index is 10.2. The predicted molar refractivity (Wildman–Crippen MR) is 57.2 cm³/mol. The molecule has 0 spiro atoms. The molecular weight excluding hydrogens is 178 g/mol. The van der Waals surface area contributed by atoms with Crippen molar-refractivity contribution < 1.29 is 10.2 Å². The summed E-state index contributed by atoms with van der Waals surface area (Å²) in [5.74, 6) is 0. The van der Waals surface area contributed by atoms with Gasteiger partial charge in [-0.05, 0) is 26.2 Å². The first-order valence-corrected chi connectivity index (χ1v) is 5.73. The van der Waals surface area contributed by atoms with E-state index in [1.165, 1.54) is 6.42 Å². The molecular formula is C11H23NO2. The fourth-order valence-electron chi connectivity index (χ4n) is 2.05. The molecule has 1 aliphatic rings. The first-order chi connectivity index (χ1) is 6.66. The highest BCUT2D eigenvalue weighted by Gasteiger charge is 2.28. The van der Waals surface area contributed by atoms with Gasteiger partial charge in [0.2, 0.25) is 0 Å². The molecule has 1 rings (SSSR count). The Morgan fingerprint density at radius 3 is 2.50 bits per heavy atom. The second kappa shape index (κ2) is 5.69. The predicted octanol–water partition coefficient (Wildman–Crippen LogP) is 1.04. The second-order valence-electron chi connectivity index (χ2n) is 4.58. The van der Waals surface area contributed by atoms with Gasteiger partial charge in [0.15, 0.2) is 0 Å². The molecule has 84 valence electrons. The Balaban J connectivity index is 2.21. The highest BCUT2D eigenvalue weighted by molar-refractivity contribution is 4.85. The number of nitrogens with one attached hydrogen (secondary N) is 1. The zero-order valence-electron chi connectivity index (χ0n) is 9.13. The highest BCUT2D eigenvalue weighted by Crippen LogP contribution is 2.27. The summed E-state index contributed by atoms with van der Waals surface area (Å²) in [6.07, 6.45) is 6.15. The largest absolute Gasteiger partial charge is 0.396 e. The van der Waals surface area contributed by atoms with Crippen molar-refractivity contribution in [3.8, 4) is 0 Å². The number of aliphatic hydroxyl groups is 2. The van der Waals surface area contributed by atoms with Gasteiger partial charge in [-0.2, -0.15) is 0 Å². The molecule has 0 aromatic carbocycles. The summed E-state index contributed by atoms with van der Waals surface area (Å²) in [6, 6.07) is 0.297. The lowest BCUT2D eigenvalue weighted by atomic mass is 9.85. The van der Waals surface area contributed by atoms with Crippen molar-refractivity contribution in [2.75, 3.05) is 13.2 Å². The topological polar surface area (TPSA) is 52.5 Å². The summed E-state index contributed by atoms with van der Waals surface area (Å²) < 4.78 is 0. The number of hydrogen-bond acceptors (Lipinski definition) is 3. The van der Waals surface area contributed by atoms with Gasteiger partial charge in [-0.15, -0.1) is 0 Å². The molecule has 3 N–H and O–H groups in total. The standard InChI is InChI=1S/C11H23NO2/c1-10(5-8-13)12-9-11(14)6-3-2-4-7-11/h10,12-14H,2-9H2,1H3. The monoisotopic (exact) mass is 201 g/mol. The summed E-state index contributed by atoms with van der Waals surface area (Å²) >= 11 is 0. The lowest BCUT2D eigenvalue weighted by molar-refractivity contribution is 0.00250. The highest BCUT2D eigenvalue weighted by atomic mass is 16.3. The molecule has 0 bridgehead atoms. The Morgan fingerprint density at radius 2 is 1.93 bits per heavy atom. The molecule has 1 aliphatic carbocycles. The van der Waals surface area contributed by atoms with E-state index < -0.39 is 5.60 Å². The third kappa shape index (κ3) is 3.95. The summed E-state index contributed by atoms with van der Waals surface area (Å²) in [7, 11) is 0. The minimum Gasteiger partial charge on any atom is -0.396 e. The normalized spacial score (nSPS) is 23.4. The quantitative estimate of drug-likeness (QED) is 0.623. The fourth-order valence-corrected chi connectivity index (χ4v) is 2.05. The molecule has 0 aromatic heterocycles. The van der Waals surface area contributed by atoms with Crippen LogP contribution in [0.2, 0.25) is 0 Å². The van der Waals surface area contributed by atoms with E-state index in [2.05, 4.69) is 5.32 Å². The zero-order chi connectivity index (χ0) is 10.4. The average molecular weight is 201 g/mol. The Bertz CT molecular complexity index is 155. The Labute approximate surface area is 86.5 Å². The summed E-state index contributed by atoms with van der Waals surface area (Å²) in [5, 5.41) is 22.2. The Hall–Kier alpha value is -0.120. The molecule has 3 heteroatoms. The maximum Gasteiger partial charge on any atom is 0.0771 e. The molecule has 0 aromatic rings. The minimum atomic E-state index is -0.484. The summed E-state index contributed by atoms with van der Waals surface area (Å²) in [5.41, 5.74) is -0.484. The van der Waals surface area contributed by atoms with E-state index >= 15 is 0 Å². The first-order valence-electron chi connectivity index (χ1n) is 5.73. The van der Waals surface area contributed by atoms with Crippen LogP contribution in [0.15, 0.2) is 0 Å². The second-order valence-corrected chi connectivity index (χ2v) is 4.58. The van der Waals surface area contributed by atoms with Gasteiger partial charge in [0.25, 0.3) is 0 Å². The van der Waals surface area contributed by atoms with Crippen LogP contribution in [0.5, 0.6) is 0 Å². The molecule has 0 heterocycles. The van der Waals surface area contributed by atoms with Crippen LogP contribution >= 0.6 is 0 Å². The zero-order valence-corrected chi connectivity index (χ0v) is 9.13. The van der Waals surface area contributed by atoms with Crippen molar-refractivity contribution in [2.45, 2.75) is 57.1 Å². The maximum absolute atomic E-state index is 10.2. The van der Waals surface area contributed by atoms with Crippen molar-refractivity contribution in [2.24, 2.45) is 0 Å². The number of rotatable bonds is 5. The van der Waals surface area contributed by atoms with Gasteiger partial charge in [-0.3, -0.25) is 0 Å². The molecule has 1 atom stereocenters. The molecule has 0 aliphatic heterocycles. The number of aliphatic hydroxyl groups excluding tert-OH is 1. The van der Waals surface area contributed by atoms with Crippen LogP contribution in [0.4, 0.5) is 0 Å². The van der Waals surface area contributed by atoms with Crippen LogP contribution in [0, 0.1) is 0 Å². The Morgan fingerprint density at radius 1 is 1.29 bits per heavy atom. The molecule has 1 unspecified atom stereocenters. The van der Waals surface area contributed by atoms with Crippen molar-refractivity contribution in [1.29, 1.82) is 0 Å². The van der Waals surface area contributed by atoms with Crippen LogP contribution in [0.25, 0.3) is 0 Å². The third-order valence-electron chi connectivity index (χ3n) is 3.13. The molecule has 0 saturated heterocycles. The van der Waals surface area contributed by atoms with E-state index in [-0.39, 0.29) is 6.61 Å². The lowest BCUT2D eigenvalue weighted by Crippen LogP contribution is -2.45. The number of hydrogen-bond donors (Lipinski definition) is 3. The minimum absolute atomic E-state index is 0.215. The van der Waals surface area contributed by atoms with Gasteiger partial charge in [0, 0.05) is 19.2 Å². The van der Waals surface area contributed by atoms with Crippen LogP contribution in [-0.2, 0) is 0 Å². The molecule has 14 heavy (non-hydrogen) atoms. The average Bonchev–Trinajstić information content (AvgIpc) is 2.17. The van der Waals surface area contributed by atoms with Crippen LogP contribution < -0.4 is 5.32 Å². The lowest BCUT2D eigenvalue weighted by Gasteiger charge is -2.33. The SMILES string of the molecule is CC(CCO)NCC1(O)CCCCC1. The Kier molecular flexibility index (Phi) is 4.85. The molecule has 0 amide bonds. The van der Waals surface area contributed by atoms with Crippen molar-refractivity contribution in [3.63, 3.8) is 0 Å². The van der Waals surface area contributed by atoms with Gasteiger partial charge in [0.1, 0.15) is 0 Å². The van der Waals surface area contributed by atoms with E-state index in [1.54, 1.807) is 0 Å². The van der Waals surface area contributed by atoms with Gasteiger partial charge in [-0.1, -0.05) is 19.3 Å². The van der Waals surface area contributed by atoms with Crippen molar-refractivity contribution in [1.82, 2.24) is 5.32 Å². The van der Waals surface area contributed by atoms with E-state index in [9.17, 15) is 5.11 Å². The summed E-state index contributed by atoms with van der Waals surface area (Å²) in [4.78, 5) is 0. The molecule has 0 radical (unpaired) electrons. The van der Waals surface area contributed by atoms with Crippen LogP contribution in [-0.4, -0.2) is 35.0 Å². The van der Waals surface area contributed by atoms with Crippen molar-refractivity contribution >= 4 is 0 Å². The smallest absolute Gasteiger partial charge is 0.0771 e. The van der Waals surface area contributed by atoms with Crippen LogP contribution in [0.1, 0.15) is 45.4 Å². The van der Waals surface area contributed by atoms with Gasteiger partial charge in [0.05, 0.1) is 5.60 Å². The first kappa shape index (κ1) is 12.0. The van der Waals surface area contributed by atoms with E-state index in [0.29, 0.717) is 12.6 Å². The van der Waals surface area contributed by atoms with Gasteiger partial charge >= 0.3 is 0 Å². The van der Waals surface area contributed by atoms with Gasteiger partial charge in [-0.25, -0.2) is 0 Å². The van der Waals surface area contributed by atoms with Gasteiger partial charge < -0.3 is 15.5 Å². The molecule has 1 fully saturated rings. The molecule has 3 nitrogen and oxygen atoms in total. The third-order valence-corrected chi connectivity index (χ3v) is 3.13. The van der Waals surface area contributed by atoms with E-state index in [4.69, 9.17) is 5.11 Å². The van der Waals surface area contributed by atoms with Crippen molar-refractivity contribution in [3.05, 3.63) is 0 Å². The van der Waals surface area contributed by atoms with E-state index in [1.807, 2.05) is 6.92 Å². The van der Waals surface area contributed by atoms with Crippen LogP contribution in [0.3, 0.4) is 0 Å².